The molecular formula is C13H25N3S. The Hall–Kier alpha value is -0.640. The summed E-state index contributed by atoms with van der Waals surface area (Å²) in [7, 11) is 0. The third kappa shape index (κ3) is 5.48. The van der Waals surface area contributed by atoms with Crippen LogP contribution in [0.5, 0.6) is 0 Å². The summed E-state index contributed by atoms with van der Waals surface area (Å²) < 4.78 is 2.26. The molecular weight excluding hydrogens is 230 g/mol. The van der Waals surface area contributed by atoms with E-state index in [0.29, 0.717) is 0 Å². The average Bonchev–Trinajstić information content (AvgIpc) is 2.66. The van der Waals surface area contributed by atoms with Gasteiger partial charge >= 0.3 is 0 Å². The zero-order valence-electron chi connectivity index (χ0n) is 11.3. The second-order valence-electron chi connectivity index (χ2n) is 4.38. The van der Waals surface area contributed by atoms with E-state index in [0.717, 1.165) is 24.7 Å². The Labute approximate surface area is 109 Å². The third-order valence-electron chi connectivity index (χ3n) is 2.71. The topological polar surface area (TPSA) is 29.9 Å². The average molecular weight is 255 g/mol. The van der Waals surface area contributed by atoms with Crippen molar-refractivity contribution in [3.05, 3.63) is 11.9 Å². The number of rotatable bonds is 9. The molecule has 0 bridgehead atoms. The lowest BCUT2D eigenvalue weighted by atomic mass is 10.3. The minimum atomic E-state index is 1.03. The van der Waals surface area contributed by atoms with Crippen molar-refractivity contribution >= 4 is 17.7 Å². The number of anilines is 1. The van der Waals surface area contributed by atoms with Gasteiger partial charge in [-0.25, -0.2) is 4.98 Å². The van der Waals surface area contributed by atoms with Crippen molar-refractivity contribution in [3.8, 4) is 0 Å². The maximum absolute atomic E-state index is 4.53. The number of thioether (sulfide) groups is 1. The Morgan fingerprint density at radius 1 is 1.35 bits per heavy atom. The molecule has 17 heavy (non-hydrogen) atoms. The molecule has 1 aromatic rings. The number of aromatic nitrogens is 2. The van der Waals surface area contributed by atoms with Crippen LogP contribution in [0, 0.1) is 6.92 Å². The molecule has 0 saturated carbocycles. The van der Waals surface area contributed by atoms with Crippen LogP contribution in [0.15, 0.2) is 6.20 Å². The van der Waals surface area contributed by atoms with Crippen molar-refractivity contribution < 1.29 is 0 Å². The summed E-state index contributed by atoms with van der Waals surface area (Å²) in [4.78, 5) is 4.53. The van der Waals surface area contributed by atoms with Crippen LogP contribution in [0.25, 0.3) is 0 Å². The Balaban J connectivity index is 2.40. The van der Waals surface area contributed by atoms with Crippen LogP contribution in [0.3, 0.4) is 0 Å². The van der Waals surface area contributed by atoms with E-state index in [1.54, 1.807) is 0 Å². The molecule has 0 spiro atoms. The molecule has 4 heteroatoms. The van der Waals surface area contributed by atoms with E-state index >= 15 is 0 Å². The summed E-state index contributed by atoms with van der Waals surface area (Å²) in [5.74, 6) is 2.30. The second kappa shape index (κ2) is 8.45. The lowest BCUT2D eigenvalue weighted by molar-refractivity contribution is 0.636. The van der Waals surface area contributed by atoms with Gasteiger partial charge in [-0.1, -0.05) is 13.3 Å². The zero-order chi connectivity index (χ0) is 12.5. The van der Waals surface area contributed by atoms with E-state index in [-0.39, 0.29) is 0 Å². The molecule has 0 unspecified atom stereocenters. The van der Waals surface area contributed by atoms with E-state index in [1.165, 1.54) is 31.4 Å². The lowest BCUT2D eigenvalue weighted by Crippen LogP contribution is -2.08. The molecule has 1 N–H and O–H groups in total. The van der Waals surface area contributed by atoms with Gasteiger partial charge in [0, 0.05) is 19.3 Å². The van der Waals surface area contributed by atoms with Crippen molar-refractivity contribution in [2.24, 2.45) is 0 Å². The largest absolute Gasteiger partial charge is 0.356 e. The number of imidazole rings is 1. The summed E-state index contributed by atoms with van der Waals surface area (Å²) >= 11 is 1.92. The predicted octanol–water partition coefficient (Wildman–Crippen LogP) is 3.55. The molecule has 1 aromatic heterocycles. The molecule has 0 saturated heterocycles. The van der Waals surface area contributed by atoms with E-state index < -0.39 is 0 Å². The molecule has 0 fully saturated rings. The van der Waals surface area contributed by atoms with Crippen LogP contribution in [0.4, 0.5) is 5.95 Å². The van der Waals surface area contributed by atoms with Crippen molar-refractivity contribution in [3.63, 3.8) is 0 Å². The van der Waals surface area contributed by atoms with Gasteiger partial charge in [0.05, 0.1) is 5.69 Å². The third-order valence-corrected chi connectivity index (χ3v) is 3.40. The SMILES string of the molecule is CCCCNc1nc(C)cn1CCCCSC. The summed E-state index contributed by atoms with van der Waals surface area (Å²) in [6.07, 6.45) is 9.26. The van der Waals surface area contributed by atoms with Gasteiger partial charge in [-0.3, -0.25) is 0 Å². The normalized spacial score (nSPS) is 10.8. The smallest absolute Gasteiger partial charge is 0.203 e. The number of hydrogen-bond acceptors (Lipinski definition) is 3. The molecule has 0 radical (unpaired) electrons. The van der Waals surface area contributed by atoms with Crippen LogP contribution in [-0.2, 0) is 6.54 Å². The van der Waals surface area contributed by atoms with Crippen LogP contribution >= 0.6 is 11.8 Å². The lowest BCUT2D eigenvalue weighted by Gasteiger charge is -2.09. The Kier molecular flexibility index (Phi) is 7.17. The first kappa shape index (κ1) is 14.4. The van der Waals surface area contributed by atoms with Gasteiger partial charge in [-0.2, -0.15) is 11.8 Å². The van der Waals surface area contributed by atoms with Crippen molar-refractivity contribution in [1.29, 1.82) is 0 Å². The fourth-order valence-electron chi connectivity index (χ4n) is 1.76. The molecule has 1 rings (SSSR count). The Bertz CT molecular complexity index is 310. The highest BCUT2D eigenvalue weighted by molar-refractivity contribution is 7.98. The molecule has 3 nitrogen and oxygen atoms in total. The maximum atomic E-state index is 4.53. The van der Waals surface area contributed by atoms with Gasteiger partial charge in [0.2, 0.25) is 5.95 Å². The highest BCUT2D eigenvalue weighted by atomic mass is 32.2. The second-order valence-corrected chi connectivity index (χ2v) is 5.37. The maximum Gasteiger partial charge on any atom is 0.203 e. The first-order valence-electron chi connectivity index (χ1n) is 6.54. The highest BCUT2D eigenvalue weighted by Crippen LogP contribution is 2.11. The summed E-state index contributed by atoms with van der Waals surface area (Å²) in [6, 6.07) is 0. The van der Waals surface area contributed by atoms with E-state index in [4.69, 9.17) is 0 Å². The van der Waals surface area contributed by atoms with Crippen LogP contribution < -0.4 is 5.32 Å². The van der Waals surface area contributed by atoms with Crippen molar-refractivity contribution in [2.45, 2.75) is 46.1 Å². The van der Waals surface area contributed by atoms with Gasteiger partial charge < -0.3 is 9.88 Å². The fourth-order valence-corrected chi connectivity index (χ4v) is 2.26. The highest BCUT2D eigenvalue weighted by Gasteiger charge is 2.04. The van der Waals surface area contributed by atoms with E-state index in [1.807, 2.05) is 11.8 Å². The van der Waals surface area contributed by atoms with Crippen molar-refractivity contribution in [2.75, 3.05) is 23.9 Å². The summed E-state index contributed by atoms with van der Waals surface area (Å²) in [5.41, 5.74) is 1.11. The molecule has 0 aliphatic rings. The van der Waals surface area contributed by atoms with Gasteiger partial charge in [0.15, 0.2) is 0 Å². The van der Waals surface area contributed by atoms with Crippen LogP contribution in [-0.4, -0.2) is 28.1 Å². The zero-order valence-corrected chi connectivity index (χ0v) is 12.1. The number of nitrogens with zero attached hydrogens (tertiary/aromatic N) is 2. The first-order chi connectivity index (χ1) is 8.27. The van der Waals surface area contributed by atoms with Crippen molar-refractivity contribution in [1.82, 2.24) is 9.55 Å². The van der Waals surface area contributed by atoms with Gasteiger partial charge in [-0.15, -0.1) is 0 Å². The standard InChI is InChI=1S/C13H25N3S/c1-4-5-8-14-13-15-12(2)11-16(13)9-6-7-10-17-3/h11H,4-10H2,1-3H3,(H,14,15). The summed E-state index contributed by atoms with van der Waals surface area (Å²) in [6.45, 7) is 6.37. The predicted molar refractivity (Wildman–Crippen MR) is 78.0 cm³/mol. The number of hydrogen-bond donors (Lipinski definition) is 1. The van der Waals surface area contributed by atoms with Gasteiger partial charge in [-0.05, 0) is 38.2 Å². The van der Waals surface area contributed by atoms with E-state index in [9.17, 15) is 0 Å². The Morgan fingerprint density at radius 3 is 2.88 bits per heavy atom. The monoisotopic (exact) mass is 255 g/mol. The Morgan fingerprint density at radius 2 is 2.18 bits per heavy atom. The number of unbranched alkanes of at least 4 members (excludes halogenated alkanes) is 2. The number of nitrogens with one attached hydrogen (secondary N) is 1. The molecule has 0 aliphatic heterocycles. The van der Waals surface area contributed by atoms with E-state index in [2.05, 4.69) is 41.2 Å². The quantitative estimate of drug-likeness (QED) is 0.684. The fraction of sp³-hybridized carbons (Fsp3) is 0.769. The molecule has 1 heterocycles. The molecule has 98 valence electrons. The van der Waals surface area contributed by atoms with Crippen LogP contribution in [0.1, 0.15) is 38.3 Å². The first-order valence-corrected chi connectivity index (χ1v) is 7.94. The minimum Gasteiger partial charge on any atom is -0.356 e. The number of aryl methyl sites for hydroxylation is 2. The molecule has 0 atom stereocenters. The van der Waals surface area contributed by atoms with Crippen LogP contribution in [0.2, 0.25) is 0 Å². The summed E-state index contributed by atoms with van der Waals surface area (Å²) in [5, 5.41) is 3.42. The molecule has 0 aromatic carbocycles. The van der Waals surface area contributed by atoms with Gasteiger partial charge in [0.25, 0.3) is 0 Å². The van der Waals surface area contributed by atoms with Gasteiger partial charge in [0.1, 0.15) is 0 Å². The minimum absolute atomic E-state index is 1.03. The molecule has 0 aliphatic carbocycles. The molecule has 0 amide bonds.